The number of likely N-dealkylation sites (tertiary alicyclic amines) is 1. The topological polar surface area (TPSA) is 155 Å². The maximum absolute atomic E-state index is 12.7. The molecule has 0 unspecified atom stereocenters. The number of benzene rings is 2. The summed E-state index contributed by atoms with van der Waals surface area (Å²) in [4.78, 5) is 31.6. The summed E-state index contributed by atoms with van der Waals surface area (Å²) >= 11 is 0. The van der Waals surface area contributed by atoms with Crippen LogP contribution in [0.4, 0.5) is 17.2 Å². The Morgan fingerprint density at radius 2 is 1.76 bits per heavy atom. The molecule has 258 valence electrons. The number of hydrogen-bond acceptors (Lipinski definition) is 11. The Morgan fingerprint density at radius 1 is 0.940 bits per heavy atom. The average Bonchev–Trinajstić information content (AvgIpc) is 3.57. The van der Waals surface area contributed by atoms with Crippen LogP contribution in [0, 0.1) is 5.41 Å². The first-order valence-corrected chi connectivity index (χ1v) is 17.7. The Bertz CT molecular complexity index is 1960. The van der Waals surface area contributed by atoms with Crippen molar-refractivity contribution >= 4 is 29.0 Å². The second kappa shape index (κ2) is 12.0. The molecule has 2 aromatic carbocycles. The minimum absolute atomic E-state index is 0.136. The normalized spacial score (nSPS) is 24.6. The lowest BCUT2D eigenvalue weighted by Crippen LogP contribution is -2.73. The molecule has 2 amide bonds. The minimum Gasteiger partial charge on any atom is -0.507 e. The van der Waals surface area contributed by atoms with E-state index in [0.29, 0.717) is 60.3 Å². The molecular weight excluding hydrogens is 634 g/mol. The van der Waals surface area contributed by atoms with Crippen LogP contribution in [0.3, 0.4) is 0 Å². The number of fused-ring (bicyclic) bond motifs is 1. The highest BCUT2D eigenvalue weighted by Gasteiger charge is 2.53. The molecule has 6 heterocycles. The van der Waals surface area contributed by atoms with E-state index in [-0.39, 0.29) is 29.4 Å². The zero-order valence-corrected chi connectivity index (χ0v) is 27.9. The number of phenols is 1. The van der Waals surface area contributed by atoms with E-state index in [1.165, 1.54) is 18.4 Å². The second-order valence-corrected chi connectivity index (χ2v) is 14.6. The Hall–Kier alpha value is -5.17. The fourth-order valence-corrected chi connectivity index (χ4v) is 8.89. The first-order valence-electron chi connectivity index (χ1n) is 17.7. The van der Waals surface area contributed by atoms with Gasteiger partial charge in [0.15, 0.2) is 5.82 Å². The number of carbonyl (C=O) groups is 2. The Balaban J connectivity index is 0.798. The van der Waals surface area contributed by atoms with Gasteiger partial charge in [-0.15, -0.1) is 10.2 Å². The average molecular weight is 676 g/mol. The van der Waals surface area contributed by atoms with Crippen LogP contribution >= 0.6 is 0 Å². The molecule has 4 aliphatic heterocycles. The number of nitrogens with two attached hydrogens (primary N) is 1. The summed E-state index contributed by atoms with van der Waals surface area (Å²) in [6.45, 7) is 5.46. The molecule has 50 heavy (non-hydrogen) atoms. The third-order valence-electron chi connectivity index (χ3n) is 11.4. The number of piperidine rings is 1. The lowest BCUT2D eigenvalue weighted by atomic mass is 9.70. The summed E-state index contributed by atoms with van der Waals surface area (Å²) in [5.41, 5.74) is 11.6. The number of phenolic OH excluding ortho intramolecular Hbond substituents is 1. The summed E-state index contributed by atoms with van der Waals surface area (Å²) in [7, 11) is 0. The summed E-state index contributed by atoms with van der Waals surface area (Å²) in [5, 5.41) is 25.7. The molecule has 13 nitrogen and oxygen atoms in total. The highest BCUT2D eigenvalue weighted by Crippen LogP contribution is 2.48. The van der Waals surface area contributed by atoms with Gasteiger partial charge in [0.05, 0.1) is 36.0 Å². The van der Waals surface area contributed by atoms with Gasteiger partial charge in [0.1, 0.15) is 29.8 Å². The smallest absolute Gasteiger partial charge is 0.249 e. The van der Waals surface area contributed by atoms with Crippen molar-refractivity contribution in [1.82, 2.24) is 30.2 Å². The van der Waals surface area contributed by atoms with Crippen molar-refractivity contribution in [3.63, 3.8) is 0 Å². The quantitative estimate of drug-likeness (QED) is 0.258. The van der Waals surface area contributed by atoms with Crippen molar-refractivity contribution in [2.75, 3.05) is 54.9 Å². The number of imide groups is 1. The summed E-state index contributed by atoms with van der Waals surface area (Å²) in [5.74, 6) is 1.38. The zero-order valence-electron chi connectivity index (χ0n) is 27.9. The number of para-hydroxylation sites is 2. The monoisotopic (exact) mass is 675 g/mol. The van der Waals surface area contributed by atoms with Gasteiger partial charge in [0, 0.05) is 49.6 Å². The number of nitrogens with zero attached hydrogens (tertiary/aromatic N) is 7. The Morgan fingerprint density at radius 3 is 2.56 bits per heavy atom. The SMILES string of the molecule is Nc1nnc(-c2ccccc2O)cc1-n1cc(N2CC3(C2)CN(C2CCC(c4cccc5c4OCCN5[C@@H]4CCC(=O)NC4=O)CC2)C3)cn1. The van der Waals surface area contributed by atoms with Crippen molar-refractivity contribution in [3.05, 3.63) is 66.5 Å². The van der Waals surface area contributed by atoms with E-state index in [4.69, 9.17) is 10.5 Å². The molecule has 3 saturated heterocycles. The van der Waals surface area contributed by atoms with E-state index >= 15 is 0 Å². The molecule has 1 atom stereocenters. The van der Waals surface area contributed by atoms with Gasteiger partial charge in [-0.1, -0.05) is 24.3 Å². The van der Waals surface area contributed by atoms with E-state index in [1.54, 1.807) is 28.9 Å². The van der Waals surface area contributed by atoms with Gasteiger partial charge in [0.25, 0.3) is 0 Å². The van der Waals surface area contributed by atoms with E-state index in [2.05, 4.69) is 53.5 Å². The number of nitrogen functional groups attached to an aromatic ring is 1. The van der Waals surface area contributed by atoms with Crippen LogP contribution in [0.2, 0.25) is 0 Å². The fourth-order valence-electron chi connectivity index (χ4n) is 8.89. The van der Waals surface area contributed by atoms with Crippen molar-refractivity contribution in [2.24, 2.45) is 5.41 Å². The predicted molar refractivity (Wildman–Crippen MR) is 187 cm³/mol. The summed E-state index contributed by atoms with van der Waals surface area (Å²) in [6, 6.07) is 15.5. The van der Waals surface area contributed by atoms with Crippen LogP contribution in [0.1, 0.15) is 50.0 Å². The van der Waals surface area contributed by atoms with E-state index in [9.17, 15) is 14.7 Å². The molecule has 4 aromatic rings. The standard InChI is InChI=1S/C37H41N9O4/c38-35-31(16-28(41-42-35)27-4-1-2-7-32(27)47)46-18-25(17-39-46)44-21-37(22-44)19-43(20-37)24-10-8-23(9-11-24)26-5-3-6-29-34(26)50-15-14-45(29)30-12-13-33(48)40-36(30)49/h1-7,16-18,23-24,30,47H,8-15,19-22H2,(H2,38,42)(H,40,48,49)/t23?,24?,30-/m1/s1. The third-order valence-corrected chi connectivity index (χ3v) is 11.4. The molecule has 4 N–H and O–H groups in total. The predicted octanol–water partition coefficient (Wildman–Crippen LogP) is 3.47. The van der Waals surface area contributed by atoms with E-state index in [0.717, 1.165) is 56.1 Å². The number of hydrogen-bond donors (Lipinski definition) is 3. The summed E-state index contributed by atoms with van der Waals surface area (Å²) < 4.78 is 8.00. The number of rotatable bonds is 6. The maximum atomic E-state index is 12.7. The van der Waals surface area contributed by atoms with Crippen LogP contribution in [-0.4, -0.2) is 93.2 Å². The molecule has 1 aliphatic carbocycles. The maximum Gasteiger partial charge on any atom is 0.249 e. The van der Waals surface area contributed by atoms with E-state index in [1.807, 2.05) is 18.5 Å². The highest BCUT2D eigenvalue weighted by atomic mass is 16.5. The van der Waals surface area contributed by atoms with Gasteiger partial charge in [-0.25, -0.2) is 4.68 Å². The van der Waals surface area contributed by atoms with Crippen LogP contribution in [0.15, 0.2) is 60.9 Å². The number of carbonyl (C=O) groups excluding carboxylic acids is 2. The van der Waals surface area contributed by atoms with Gasteiger partial charge < -0.3 is 25.4 Å². The zero-order chi connectivity index (χ0) is 34.0. The second-order valence-electron chi connectivity index (χ2n) is 14.6. The lowest BCUT2D eigenvalue weighted by molar-refractivity contribution is -0.134. The van der Waals surface area contributed by atoms with Crippen LogP contribution in [0.5, 0.6) is 11.5 Å². The highest BCUT2D eigenvalue weighted by molar-refractivity contribution is 6.02. The molecular formula is C37H41N9O4. The van der Waals surface area contributed by atoms with Crippen molar-refractivity contribution < 1.29 is 19.4 Å². The number of anilines is 3. The molecule has 5 aliphatic rings. The van der Waals surface area contributed by atoms with Crippen LogP contribution in [0.25, 0.3) is 16.9 Å². The van der Waals surface area contributed by atoms with Gasteiger partial charge in [-0.2, -0.15) is 5.10 Å². The molecule has 2 aromatic heterocycles. The van der Waals surface area contributed by atoms with Crippen LogP contribution < -0.4 is 25.6 Å². The first-order chi connectivity index (χ1) is 24.3. The number of amides is 2. The third kappa shape index (κ3) is 5.31. The molecule has 0 bridgehead atoms. The molecule has 0 radical (unpaired) electrons. The fraction of sp³-hybridized carbons (Fsp3) is 0.432. The molecule has 9 rings (SSSR count). The van der Waals surface area contributed by atoms with Crippen LogP contribution in [-0.2, 0) is 9.59 Å². The number of aromatic hydroxyl groups is 1. The Kier molecular flexibility index (Phi) is 7.41. The summed E-state index contributed by atoms with van der Waals surface area (Å²) in [6.07, 6.45) is 9.36. The van der Waals surface area contributed by atoms with Crippen molar-refractivity contribution in [2.45, 2.75) is 56.5 Å². The molecule has 1 saturated carbocycles. The minimum atomic E-state index is -0.333. The Labute approximate surface area is 290 Å². The van der Waals surface area contributed by atoms with Crippen molar-refractivity contribution in [3.8, 4) is 28.4 Å². The number of aromatic nitrogens is 4. The number of ether oxygens (including phenoxy) is 1. The molecule has 1 spiro atoms. The van der Waals surface area contributed by atoms with Crippen molar-refractivity contribution in [1.29, 1.82) is 0 Å². The van der Waals surface area contributed by atoms with Gasteiger partial charge in [0.2, 0.25) is 11.8 Å². The van der Waals surface area contributed by atoms with Gasteiger partial charge >= 0.3 is 0 Å². The van der Waals surface area contributed by atoms with Gasteiger partial charge in [-0.05, 0) is 67.9 Å². The molecule has 4 fully saturated rings. The first kappa shape index (κ1) is 30.9. The largest absolute Gasteiger partial charge is 0.507 e. The van der Waals surface area contributed by atoms with Gasteiger partial charge in [-0.3, -0.25) is 19.8 Å². The lowest BCUT2D eigenvalue weighted by Gasteiger charge is -2.63. The van der Waals surface area contributed by atoms with E-state index < -0.39 is 0 Å². The molecule has 13 heteroatoms. The number of nitrogens with one attached hydrogen (secondary N) is 1.